The van der Waals surface area contributed by atoms with Crippen LogP contribution in [0, 0.1) is 0 Å². The summed E-state index contributed by atoms with van der Waals surface area (Å²) in [7, 11) is 0. The minimum absolute atomic E-state index is 0.323. The van der Waals surface area contributed by atoms with Crippen molar-refractivity contribution in [3.63, 3.8) is 0 Å². The van der Waals surface area contributed by atoms with Crippen molar-refractivity contribution >= 4 is 23.4 Å². The molecule has 0 aromatic carbocycles. The van der Waals surface area contributed by atoms with Crippen molar-refractivity contribution in [2.75, 3.05) is 11.9 Å². The number of nitrogens with zero attached hydrogens (tertiary/aromatic N) is 1. The molecule has 4 nitrogen and oxygen atoms in total. The first-order valence-corrected chi connectivity index (χ1v) is 4.15. The Morgan fingerprint density at radius 3 is 3.15 bits per heavy atom. The van der Waals surface area contributed by atoms with Crippen LogP contribution in [0.4, 0.5) is 10.5 Å². The van der Waals surface area contributed by atoms with Crippen LogP contribution in [0.25, 0.3) is 0 Å². The molecule has 0 aliphatic rings. The first-order chi connectivity index (χ1) is 6.24. The highest BCUT2D eigenvalue weighted by Gasteiger charge is 2.04. The highest BCUT2D eigenvalue weighted by Crippen LogP contribution is 2.18. The fourth-order valence-electron chi connectivity index (χ4n) is 0.747. The zero-order chi connectivity index (χ0) is 9.68. The fraction of sp³-hybridized carbons (Fsp3) is 0.250. The minimum atomic E-state index is -0.530. The molecule has 0 aliphatic carbocycles. The molecule has 1 rings (SSSR count). The molecule has 1 amide bonds. The lowest BCUT2D eigenvalue weighted by atomic mass is 10.4. The van der Waals surface area contributed by atoms with Crippen LogP contribution in [-0.4, -0.2) is 17.7 Å². The molecule has 0 fully saturated rings. The Bertz CT molecular complexity index is 304. The van der Waals surface area contributed by atoms with Crippen LogP contribution >= 0.6 is 11.6 Å². The van der Waals surface area contributed by atoms with Crippen LogP contribution in [-0.2, 0) is 4.74 Å². The summed E-state index contributed by atoms with van der Waals surface area (Å²) in [4.78, 5) is 14.7. The van der Waals surface area contributed by atoms with Gasteiger partial charge in [0.05, 0.1) is 23.5 Å². The van der Waals surface area contributed by atoms with E-state index in [1.54, 1.807) is 19.2 Å². The van der Waals surface area contributed by atoms with Crippen LogP contribution in [0.15, 0.2) is 18.5 Å². The molecule has 0 atom stereocenters. The number of aromatic nitrogens is 1. The van der Waals surface area contributed by atoms with Crippen LogP contribution in [0.1, 0.15) is 6.92 Å². The van der Waals surface area contributed by atoms with Crippen molar-refractivity contribution in [1.29, 1.82) is 0 Å². The zero-order valence-corrected chi connectivity index (χ0v) is 7.84. The average Bonchev–Trinajstić information content (AvgIpc) is 2.09. The molecule has 0 radical (unpaired) electrons. The normalized spacial score (nSPS) is 9.38. The topological polar surface area (TPSA) is 51.2 Å². The molecule has 0 saturated carbocycles. The number of carbonyl (C=O) groups excluding carboxylic acids is 1. The van der Waals surface area contributed by atoms with E-state index in [2.05, 4.69) is 15.0 Å². The number of hydrogen-bond acceptors (Lipinski definition) is 3. The smallest absolute Gasteiger partial charge is 0.411 e. The Balaban J connectivity index is 2.63. The van der Waals surface area contributed by atoms with Gasteiger partial charge in [0.25, 0.3) is 0 Å². The van der Waals surface area contributed by atoms with Gasteiger partial charge in [-0.3, -0.25) is 10.3 Å². The van der Waals surface area contributed by atoms with E-state index in [0.717, 1.165) is 0 Å². The van der Waals surface area contributed by atoms with Crippen molar-refractivity contribution in [1.82, 2.24) is 4.98 Å². The maximum Gasteiger partial charge on any atom is 0.411 e. The van der Waals surface area contributed by atoms with Crippen molar-refractivity contribution in [2.45, 2.75) is 6.92 Å². The molecule has 0 unspecified atom stereocenters. The monoisotopic (exact) mass is 200 g/mol. The molecule has 0 spiro atoms. The molecule has 0 aliphatic heterocycles. The summed E-state index contributed by atoms with van der Waals surface area (Å²) in [6, 6.07) is 1.59. The molecule has 1 heterocycles. The van der Waals surface area contributed by atoms with Gasteiger partial charge in [-0.1, -0.05) is 11.6 Å². The van der Waals surface area contributed by atoms with Gasteiger partial charge in [-0.05, 0) is 13.0 Å². The molecule has 13 heavy (non-hydrogen) atoms. The Morgan fingerprint density at radius 2 is 2.54 bits per heavy atom. The summed E-state index contributed by atoms with van der Waals surface area (Å²) in [6.45, 7) is 2.05. The molecule has 1 aromatic heterocycles. The highest BCUT2D eigenvalue weighted by atomic mass is 35.5. The largest absolute Gasteiger partial charge is 0.450 e. The van der Waals surface area contributed by atoms with E-state index in [9.17, 15) is 4.79 Å². The van der Waals surface area contributed by atoms with Gasteiger partial charge in [-0.15, -0.1) is 0 Å². The van der Waals surface area contributed by atoms with Gasteiger partial charge in [-0.25, -0.2) is 4.79 Å². The SMILES string of the molecule is CCOC(=O)Nc1cnccc1Cl. The second-order valence-electron chi connectivity index (χ2n) is 2.20. The summed E-state index contributed by atoms with van der Waals surface area (Å²) in [5.41, 5.74) is 0.447. The summed E-state index contributed by atoms with van der Waals surface area (Å²) in [5, 5.41) is 2.89. The lowest BCUT2D eigenvalue weighted by molar-refractivity contribution is 0.168. The van der Waals surface area contributed by atoms with Gasteiger partial charge in [-0.2, -0.15) is 0 Å². The molecule has 5 heteroatoms. The Morgan fingerprint density at radius 1 is 1.77 bits per heavy atom. The van der Waals surface area contributed by atoms with E-state index in [-0.39, 0.29) is 0 Å². The predicted molar refractivity (Wildman–Crippen MR) is 49.9 cm³/mol. The van der Waals surface area contributed by atoms with E-state index in [1.807, 2.05) is 0 Å². The number of halogens is 1. The number of hydrogen-bond donors (Lipinski definition) is 1. The molecule has 0 bridgehead atoms. The minimum Gasteiger partial charge on any atom is -0.450 e. The van der Waals surface area contributed by atoms with E-state index in [0.29, 0.717) is 17.3 Å². The van der Waals surface area contributed by atoms with Crippen LogP contribution in [0.5, 0.6) is 0 Å². The number of carbonyl (C=O) groups is 1. The van der Waals surface area contributed by atoms with Crippen LogP contribution < -0.4 is 5.32 Å². The average molecular weight is 201 g/mol. The van der Waals surface area contributed by atoms with E-state index >= 15 is 0 Å². The Hall–Kier alpha value is -1.29. The van der Waals surface area contributed by atoms with Crippen LogP contribution in [0.2, 0.25) is 5.02 Å². The number of rotatable bonds is 2. The van der Waals surface area contributed by atoms with Gasteiger partial charge < -0.3 is 4.74 Å². The lowest BCUT2D eigenvalue weighted by Crippen LogP contribution is -2.13. The second kappa shape index (κ2) is 4.67. The summed E-state index contributed by atoms with van der Waals surface area (Å²) < 4.78 is 4.66. The third kappa shape index (κ3) is 2.91. The Kier molecular flexibility index (Phi) is 3.52. The number of nitrogens with one attached hydrogen (secondary N) is 1. The van der Waals surface area contributed by atoms with Gasteiger partial charge >= 0.3 is 6.09 Å². The van der Waals surface area contributed by atoms with E-state index in [4.69, 9.17) is 11.6 Å². The molecular formula is C8H9ClN2O2. The molecule has 0 saturated heterocycles. The van der Waals surface area contributed by atoms with Crippen LogP contribution in [0.3, 0.4) is 0 Å². The molecule has 1 N–H and O–H groups in total. The van der Waals surface area contributed by atoms with Crippen molar-refractivity contribution in [3.05, 3.63) is 23.5 Å². The van der Waals surface area contributed by atoms with Crippen molar-refractivity contribution in [3.8, 4) is 0 Å². The summed E-state index contributed by atoms with van der Waals surface area (Å²) in [6.07, 6.45) is 2.47. The maximum atomic E-state index is 10.9. The molecule has 70 valence electrons. The molecular weight excluding hydrogens is 192 g/mol. The Labute approximate surface area is 80.9 Å². The third-order valence-corrected chi connectivity index (χ3v) is 1.61. The number of pyridine rings is 1. The van der Waals surface area contributed by atoms with Gasteiger partial charge in [0.15, 0.2) is 0 Å². The predicted octanol–water partition coefficient (Wildman–Crippen LogP) is 2.30. The third-order valence-electron chi connectivity index (χ3n) is 1.28. The first kappa shape index (κ1) is 9.80. The quantitative estimate of drug-likeness (QED) is 0.797. The summed E-state index contributed by atoms with van der Waals surface area (Å²) in [5.74, 6) is 0. The lowest BCUT2D eigenvalue weighted by Gasteiger charge is -2.05. The standard InChI is InChI=1S/C8H9ClN2O2/c1-2-13-8(12)11-7-5-10-4-3-6(7)9/h3-5H,2H2,1H3,(H,11,12). The first-order valence-electron chi connectivity index (χ1n) is 3.77. The number of anilines is 1. The van der Waals surface area contributed by atoms with Gasteiger partial charge in [0, 0.05) is 6.20 Å². The molecule has 1 aromatic rings. The van der Waals surface area contributed by atoms with Gasteiger partial charge in [0.2, 0.25) is 0 Å². The number of amides is 1. The highest BCUT2D eigenvalue weighted by molar-refractivity contribution is 6.33. The maximum absolute atomic E-state index is 10.9. The van der Waals surface area contributed by atoms with E-state index < -0.39 is 6.09 Å². The van der Waals surface area contributed by atoms with E-state index in [1.165, 1.54) is 6.20 Å². The fourth-order valence-corrected chi connectivity index (χ4v) is 0.899. The van der Waals surface area contributed by atoms with Gasteiger partial charge in [0.1, 0.15) is 0 Å². The zero-order valence-electron chi connectivity index (χ0n) is 7.08. The summed E-state index contributed by atoms with van der Waals surface area (Å²) >= 11 is 5.76. The van der Waals surface area contributed by atoms with Crippen molar-refractivity contribution in [2.24, 2.45) is 0 Å². The van der Waals surface area contributed by atoms with Crippen molar-refractivity contribution < 1.29 is 9.53 Å². The second-order valence-corrected chi connectivity index (χ2v) is 2.61. The number of ether oxygens (including phenoxy) is 1.